The summed E-state index contributed by atoms with van der Waals surface area (Å²) in [5.74, 6) is -2.57. The van der Waals surface area contributed by atoms with Gasteiger partial charge in [-0.15, -0.1) is 6.58 Å². The van der Waals surface area contributed by atoms with Crippen LogP contribution < -0.4 is 5.32 Å². The largest absolute Gasteiger partial charge is 0.310 e. The number of nitrogens with one attached hydrogen (secondary N) is 1. The molecule has 0 amide bonds. The van der Waals surface area contributed by atoms with Gasteiger partial charge in [0.05, 0.1) is 0 Å². The van der Waals surface area contributed by atoms with Gasteiger partial charge in [-0.3, -0.25) is 0 Å². The highest BCUT2D eigenvalue weighted by atomic mass is 19.1. The topological polar surface area (TPSA) is 12.0 Å². The van der Waals surface area contributed by atoms with Gasteiger partial charge in [0, 0.05) is 23.7 Å². The fourth-order valence-corrected chi connectivity index (χ4v) is 1.95. The van der Waals surface area contributed by atoms with E-state index in [0.717, 1.165) is 25.0 Å². The molecule has 1 aromatic rings. The first-order valence-corrected chi connectivity index (χ1v) is 6.08. The maximum atomic E-state index is 13.7. The Hall–Kier alpha value is -1.29. The molecule has 0 fully saturated rings. The Morgan fingerprint density at radius 2 is 1.89 bits per heavy atom. The number of allylic oxidation sites excluding steroid dienone is 1. The van der Waals surface area contributed by atoms with Crippen LogP contribution in [0.15, 0.2) is 24.8 Å². The Bertz CT molecular complexity index is 381. The molecule has 0 aliphatic carbocycles. The van der Waals surface area contributed by atoms with Crippen molar-refractivity contribution >= 4 is 0 Å². The lowest BCUT2D eigenvalue weighted by Gasteiger charge is -2.19. The first kappa shape index (κ1) is 14.8. The van der Waals surface area contributed by atoms with Gasteiger partial charge in [-0.25, -0.2) is 13.2 Å². The van der Waals surface area contributed by atoms with E-state index >= 15 is 0 Å². The molecule has 1 nitrogen and oxygen atoms in total. The monoisotopic (exact) mass is 257 g/mol. The van der Waals surface area contributed by atoms with Crippen molar-refractivity contribution in [1.29, 1.82) is 0 Å². The highest BCUT2D eigenvalue weighted by molar-refractivity contribution is 5.24. The van der Waals surface area contributed by atoms with Crippen molar-refractivity contribution in [3.63, 3.8) is 0 Å². The van der Waals surface area contributed by atoms with Gasteiger partial charge in [0.2, 0.25) is 0 Å². The summed E-state index contributed by atoms with van der Waals surface area (Å²) in [6, 6.07) is 1.00. The molecule has 1 rings (SSSR count). The zero-order valence-corrected chi connectivity index (χ0v) is 10.5. The average molecular weight is 257 g/mol. The molecule has 1 atom stereocenters. The molecule has 18 heavy (non-hydrogen) atoms. The molecule has 1 N–H and O–H groups in total. The number of benzene rings is 1. The minimum absolute atomic E-state index is 0.0812. The summed E-state index contributed by atoms with van der Waals surface area (Å²) < 4.78 is 40.2. The Labute approximate surface area is 106 Å². The van der Waals surface area contributed by atoms with Gasteiger partial charge in [0.25, 0.3) is 0 Å². The van der Waals surface area contributed by atoms with E-state index in [9.17, 15) is 13.2 Å². The van der Waals surface area contributed by atoms with E-state index in [1.807, 2.05) is 6.92 Å². The summed E-state index contributed by atoms with van der Waals surface area (Å²) in [6.07, 6.45) is 3.91. The summed E-state index contributed by atoms with van der Waals surface area (Å²) >= 11 is 0. The number of hydrogen-bond donors (Lipinski definition) is 1. The van der Waals surface area contributed by atoms with Crippen LogP contribution in [0.1, 0.15) is 37.8 Å². The molecular formula is C14H18F3N. The van der Waals surface area contributed by atoms with Crippen molar-refractivity contribution in [3.8, 4) is 0 Å². The summed E-state index contributed by atoms with van der Waals surface area (Å²) in [6.45, 7) is 6.06. The first-order valence-electron chi connectivity index (χ1n) is 6.08. The number of hydrogen-bond acceptors (Lipinski definition) is 1. The Kier molecular flexibility index (Phi) is 5.92. The van der Waals surface area contributed by atoms with E-state index < -0.39 is 23.5 Å². The van der Waals surface area contributed by atoms with Gasteiger partial charge < -0.3 is 5.32 Å². The van der Waals surface area contributed by atoms with Crippen molar-refractivity contribution in [1.82, 2.24) is 5.32 Å². The van der Waals surface area contributed by atoms with Crippen LogP contribution in [-0.2, 0) is 0 Å². The molecule has 0 aromatic heterocycles. The highest BCUT2D eigenvalue weighted by Crippen LogP contribution is 2.26. The number of rotatable bonds is 7. The molecule has 0 saturated carbocycles. The Morgan fingerprint density at radius 1 is 1.28 bits per heavy atom. The minimum Gasteiger partial charge on any atom is -0.310 e. The lowest BCUT2D eigenvalue weighted by Crippen LogP contribution is -2.23. The molecule has 100 valence electrons. The van der Waals surface area contributed by atoms with Crippen LogP contribution in [0.2, 0.25) is 0 Å². The highest BCUT2D eigenvalue weighted by Gasteiger charge is 2.20. The fourth-order valence-electron chi connectivity index (χ4n) is 1.95. The second-order valence-electron chi connectivity index (χ2n) is 4.11. The lowest BCUT2D eigenvalue weighted by atomic mass is 9.99. The van der Waals surface area contributed by atoms with Crippen LogP contribution in [-0.4, -0.2) is 6.54 Å². The van der Waals surface area contributed by atoms with Gasteiger partial charge in [0.15, 0.2) is 0 Å². The van der Waals surface area contributed by atoms with E-state index in [0.29, 0.717) is 13.0 Å². The van der Waals surface area contributed by atoms with E-state index in [-0.39, 0.29) is 5.56 Å². The average Bonchev–Trinajstić information content (AvgIpc) is 2.28. The molecular weight excluding hydrogens is 239 g/mol. The van der Waals surface area contributed by atoms with Crippen LogP contribution in [0, 0.1) is 17.5 Å². The third-order valence-electron chi connectivity index (χ3n) is 2.74. The SMILES string of the molecule is C=CCCCC(NCC)c1c(F)cc(F)cc1F. The Balaban J connectivity index is 2.93. The van der Waals surface area contributed by atoms with Gasteiger partial charge in [-0.1, -0.05) is 13.0 Å². The summed E-state index contributed by atoms with van der Waals surface area (Å²) in [5, 5.41) is 3.02. The third kappa shape index (κ3) is 3.88. The van der Waals surface area contributed by atoms with Crippen molar-refractivity contribution in [2.45, 2.75) is 32.2 Å². The zero-order valence-electron chi connectivity index (χ0n) is 10.5. The summed E-state index contributed by atoms with van der Waals surface area (Å²) in [4.78, 5) is 0. The molecule has 0 bridgehead atoms. The molecule has 1 unspecified atom stereocenters. The van der Waals surface area contributed by atoms with Crippen molar-refractivity contribution in [2.75, 3.05) is 6.54 Å². The predicted octanol–water partition coefficient (Wildman–Crippen LogP) is 4.11. The van der Waals surface area contributed by atoms with Crippen LogP contribution in [0.25, 0.3) is 0 Å². The minimum atomic E-state index is -0.893. The maximum Gasteiger partial charge on any atom is 0.133 e. The van der Waals surface area contributed by atoms with Crippen molar-refractivity contribution < 1.29 is 13.2 Å². The second-order valence-corrected chi connectivity index (χ2v) is 4.11. The molecule has 0 heterocycles. The molecule has 4 heteroatoms. The molecule has 1 aromatic carbocycles. The maximum absolute atomic E-state index is 13.7. The van der Waals surface area contributed by atoms with Gasteiger partial charge in [-0.05, 0) is 25.8 Å². The zero-order chi connectivity index (χ0) is 13.5. The van der Waals surface area contributed by atoms with Gasteiger partial charge in [-0.2, -0.15) is 0 Å². The number of halogens is 3. The fraction of sp³-hybridized carbons (Fsp3) is 0.429. The summed E-state index contributed by atoms with van der Waals surface area (Å²) in [7, 11) is 0. The van der Waals surface area contributed by atoms with Crippen molar-refractivity contribution in [2.24, 2.45) is 0 Å². The summed E-state index contributed by atoms with van der Waals surface area (Å²) in [5.41, 5.74) is -0.0812. The molecule has 0 saturated heterocycles. The van der Waals surface area contributed by atoms with Crippen LogP contribution in [0.4, 0.5) is 13.2 Å². The van der Waals surface area contributed by atoms with Crippen LogP contribution in [0.3, 0.4) is 0 Å². The van der Waals surface area contributed by atoms with E-state index in [4.69, 9.17) is 0 Å². The van der Waals surface area contributed by atoms with Gasteiger partial charge >= 0.3 is 0 Å². The van der Waals surface area contributed by atoms with E-state index in [1.54, 1.807) is 6.08 Å². The normalized spacial score (nSPS) is 12.4. The van der Waals surface area contributed by atoms with Gasteiger partial charge in [0.1, 0.15) is 17.5 Å². The van der Waals surface area contributed by atoms with Crippen molar-refractivity contribution in [3.05, 3.63) is 47.8 Å². The number of unbranched alkanes of at least 4 members (excludes halogenated alkanes) is 1. The third-order valence-corrected chi connectivity index (χ3v) is 2.74. The molecule has 0 radical (unpaired) electrons. The van der Waals surface area contributed by atoms with Crippen LogP contribution >= 0.6 is 0 Å². The Morgan fingerprint density at radius 3 is 2.39 bits per heavy atom. The lowest BCUT2D eigenvalue weighted by molar-refractivity contribution is 0.439. The molecule has 0 spiro atoms. The standard InChI is InChI=1S/C14H18F3N/c1-3-5-6-7-13(18-4-2)14-11(16)8-10(15)9-12(14)17/h3,8-9,13,18H,1,4-7H2,2H3. The first-order chi connectivity index (χ1) is 8.60. The second kappa shape index (κ2) is 7.21. The molecule has 0 aliphatic rings. The van der Waals surface area contributed by atoms with E-state index in [1.165, 1.54) is 0 Å². The predicted molar refractivity (Wildman–Crippen MR) is 66.8 cm³/mol. The van der Waals surface area contributed by atoms with Crippen LogP contribution in [0.5, 0.6) is 0 Å². The van der Waals surface area contributed by atoms with E-state index in [2.05, 4.69) is 11.9 Å². The smallest absolute Gasteiger partial charge is 0.133 e. The molecule has 0 aliphatic heterocycles. The quantitative estimate of drug-likeness (QED) is 0.572.